The van der Waals surface area contributed by atoms with Crippen molar-refractivity contribution in [2.24, 2.45) is 0 Å². The standard InChI is InChI=1S/C20H25N3O4/c1-4-7-17-14(11-26-19(24)21-2)15(12-27-20(25)22-3)18-10-13-8-5-6-9-16(13)23(17)18/h5-6,8-9H,4,7,10-12H2,1-3H3,(H,21,24)(H,22,25). The van der Waals surface area contributed by atoms with Gasteiger partial charge in [0.1, 0.15) is 13.2 Å². The first-order chi connectivity index (χ1) is 13.1. The van der Waals surface area contributed by atoms with Crippen LogP contribution in [0.1, 0.15) is 41.4 Å². The molecule has 3 rings (SSSR count). The van der Waals surface area contributed by atoms with Gasteiger partial charge in [0, 0.05) is 48.7 Å². The minimum atomic E-state index is -0.485. The van der Waals surface area contributed by atoms with Crippen molar-refractivity contribution in [3.8, 4) is 5.69 Å². The Morgan fingerprint density at radius 2 is 1.67 bits per heavy atom. The number of carbonyl (C=O) groups is 2. The topological polar surface area (TPSA) is 81.6 Å². The molecule has 2 N–H and O–H groups in total. The third kappa shape index (κ3) is 3.63. The molecule has 1 aliphatic heterocycles. The molecule has 0 unspecified atom stereocenters. The molecule has 0 bridgehead atoms. The molecule has 0 saturated carbocycles. The van der Waals surface area contributed by atoms with Gasteiger partial charge in [-0.15, -0.1) is 0 Å². The second-order valence-electron chi connectivity index (χ2n) is 6.39. The van der Waals surface area contributed by atoms with Crippen molar-refractivity contribution in [3.05, 3.63) is 52.3 Å². The number of nitrogens with one attached hydrogen (secondary N) is 2. The van der Waals surface area contributed by atoms with Crippen LogP contribution in [-0.2, 0) is 35.5 Å². The van der Waals surface area contributed by atoms with Crippen LogP contribution in [0.5, 0.6) is 0 Å². The van der Waals surface area contributed by atoms with Gasteiger partial charge in [-0.1, -0.05) is 31.5 Å². The Bertz CT molecular complexity index is 857. The molecule has 144 valence electrons. The van der Waals surface area contributed by atoms with Crippen molar-refractivity contribution in [3.63, 3.8) is 0 Å². The molecule has 0 saturated heterocycles. The van der Waals surface area contributed by atoms with Gasteiger partial charge < -0.3 is 24.7 Å². The predicted molar refractivity (Wildman–Crippen MR) is 101 cm³/mol. The van der Waals surface area contributed by atoms with Crippen molar-refractivity contribution in [2.45, 2.75) is 39.4 Å². The van der Waals surface area contributed by atoms with Gasteiger partial charge in [-0.3, -0.25) is 0 Å². The number of alkyl carbamates (subject to hydrolysis) is 2. The van der Waals surface area contributed by atoms with Crippen molar-refractivity contribution in [1.29, 1.82) is 0 Å². The fourth-order valence-electron chi connectivity index (χ4n) is 3.58. The lowest BCUT2D eigenvalue weighted by molar-refractivity contribution is 0.134. The lowest BCUT2D eigenvalue weighted by atomic mass is 10.0. The van der Waals surface area contributed by atoms with Crippen LogP contribution in [0.15, 0.2) is 24.3 Å². The number of carbonyl (C=O) groups excluding carboxylic acids is 2. The summed E-state index contributed by atoms with van der Waals surface area (Å²) >= 11 is 0. The van der Waals surface area contributed by atoms with E-state index in [0.29, 0.717) is 0 Å². The molecule has 1 aromatic carbocycles. The van der Waals surface area contributed by atoms with Crippen LogP contribution in [0.3, 0.4) is 0 Å². The quantitative estimate of drug-likeness (QED) is 0.698. The van der Waals surface area contributed by atoms with E-state index in [1.165, 1.54) is 19.7 Å². The molecule has 0 atom stereocenters. The van der Waals surface area contributed by atoms with Gasteiger partial charge in [-0.05, 0) is 18.1 Å². The zero-order chi connectivity index (χ0) is 19.4. The van der Waals surface area contributed by atoms with Gasteiger partial charge in [0.2, 0.25) is 0 Å². The summed E-state index contributed by atoms with van der Waals surface area (Å²) in [6.45, 7) is 2.40. The van der Waals surface area contributed by atoms with Crippen molar-refractivity contribution >= 4 is 12.2 Å². The Kier molecular flexibility index (Phi) is 5.69. The highest BCUT2D eigenvalue weighted by atomic mass is 16.6. The largest absolute Gasteiger partial charge is 0.445 e. The van der Waals surface area contributed by atoms with E-state index in [-0.39, 0.29) is 13.2 Å². The molecule has 0 aliphatic carbocycles. The number of aromatic nitrogens is 1. The Labute approximate surface area is 158 Å². The molecule has 0 spiro atoms. The summed E-state index contributed by atoms with van der Waals surface area (Å²) < 4.78 is 12.9. The van der Waals surface area contributed by atoms with Crippen LogP contribution >= 0.6 is 0 Å². The van der Waals surface area contributed by atoms with E-state index in [2.05, 4.69) is 34.3 Å². The Hall–Kier alpha value is -2.96. The minimum absolute atomic E-state index is 0.138. The first-order valence-corrected chi connectivity index (χ1v) is 9.12. The fourth-order valence-corrected chi connectivity index (χ4v) is 3.58. The molecule has 2 aromatic rings. The van der Waals surface area contributed by atoms with Crippen LogP contribution in [0, 0.1) is 0 Å². The summed E-state index contributed by atoms with van der Waals surface area (Å²) in [6.07, 6.45) is 1.59. The lowest BCUT2D eigenvalue weighted by Crippen LogP contribution is -2.21. The van der Waals surface area contributed by atoms with Gasteiger partial charge in [-0.2, -0.15) is 0 Å². The van der Waals surface area contributed by atoms with E-state index in [1.807, 2.05) is 12.1 Å². The Morgan fingerprint density at radius 3 is 2.30 bits per heavy atom. The van der Waals surface area contributed by atoms with Crippen molar-refractivity contribution in [1.82, 2.24) is 15.2 Å². The lowest BCUT2D eigenvalue weighted by Gasteiger charge is -2.12. The van der Waals surface area contributed by atoms with Crippen LogP contribution in [0.2, 0.25) is 0 Å². The second-order valence-corrected chi connectivity index (χ2v) is 6.39. The molecule has 7 nitrogen and oxygen atoms in total. The molecule has 7 heteroatoms. The maximum atomic E-state index is 11.6. The van der Waals surface area contributed by atoms with E-state index in [9.17, 15) is 9.59 Å². The Balaban J connectivity index is 2.06. The second kappa shape index (κ2) is 8.16. The van der Waals surface area contributed by atoms with Crippen LogP contribution < -0.4 is 10.6 Å². The number of amides is 2. The third-order valence-corrected chi connectivity index (χ3v) is 4.78. The summed E-state index contributed by atoms with van der Waals surface area (Å²) in [7, 11) is 3.06. The number of ether oxygens (including phenoxy) is 2. The average Bonchev–Trinajstić information content (AvgIpc) is 3.19. The highest BCUT2D eigenvalue weighted by molar-refractivity contribution is 5.68. The van der Waals surface area contributed by atoms with E-state index >= 15 is 0 Å². The molecule has 2 heterocycles. The maximum absolute atomic E-state index is 11.6. The van der Waals surface area contributed by atoms with Crippen molar-refractivity contribution < 1.29 is 19.1 Å². The van der Waals surface area contributed by atoms with E-state index in [1.54, 1.807) is 0 Å². The number of para-hydroxylation sites is 1. The zero-order valence-corrected chi connectivity index (χ0v) is 15.9. The molecule has 0 fully saturated rings. The molecule has 1 aromatic heterocycles. The summed E-state index contributed by atoms with van der Waals surface area (Å²) in [5.74, 6) is 0. The summed E-state index contributed by atoms with van der Waals surface area (Å²) in [5.41, 5.74) is 6.43. The normalized spacial score (nSPS) is 11.5. The number of hydrogen-bond donors (Lipinski definition) is 2. The number of nitrogens with zero attached hydrogens (tertiary/aromatic N) is 1. The van der Waals surface area contributed by atoms with E-state index in [4.69, 9.17) is 9.47 Å². The van der Waals surface area contributed by atoms with Gasteiger partial charge in [-0.25, -0.2) is 9.59 Å². The van der Waals surface area contributed by atoms with Crippen LogP contribution in [0.4, 0.5) is 9.59 Å². The smallest absolute Gasteiger partial charge is 0.407 e. The summed E-state index contributed by atoms with van der Waals surface area (Å²) in [5, 5.41) is 4.93. The Morgan fingerprint density at radius 1 is 1.04 bits per heavy atom. The number of hydrogen-bond acceptors (Lipinski definition) is 4. The third-order valence-electron chi connectivity index (χ3n) is 4.78. The summed E-state index contributed by atoms with van der Waals surface area (Å²) in [6, 6.07) is 8.26. The monoisotopic (exact) mass is 371 g/mol. The molecule has 27 heavy (non-hydrogen) atoms. The van der Waals surface area contributed by atoms with Crippen LogP contribution in [0.25, 0.3) is 5.69 Å². The zero-order valence-electron chi connectivity index (χ0n) is 15.9. The number of benzene rings is 1. The highest BCUT2D eigenvalue weighted by Gasteiger charge is 2.29. The van der Waals surface area contributed by atoms with Gasteiger partial charge in [0.15, 0.2) is 0 Å². The fraction of sp³-hybridized carbons (Fsp3) is 0.400. The van der Waals surface area contributed by atoms with Gasteiger partial charge in [0.05, 0.1) is 0 Å². The molecule has 0 radical (unpaired) electrons. The van der Waals surface area contributed by atoms with Gasteiger partial charge >= 0.3 is 12.2 Å². The van der Waals surface area contributed by atoms with Crippen molar-refractivity contribution in [2.75, 3.05) is 14.1 Å². The average molecular weight is 371 g/mol. The van der Waals surface area contributed by atoms with E-state index < -0.39 is 12.2 Å². The van der Waals surface area contributed by atoms with Gasteiger partial charge in [0.25, 0.3) is 0 Å². The number of rotatable bonds is 6. The first-order valence-electron chi connectivity index (χ1n) is 9.12. The molecular formula is C20H25N3O4. The van der Waals surface area contributed by atoms with E-state index in [0.717, 1.165) is 47.5 Å². The van der Waals surface area contributed by atoms with Crippen LogP contribution in [-0.4, -0.2) is 30.8 Å². The first kappa shape index (κ1) is 18.8. The SMILES string of the molecule is CCCc1c(COC(=O)NC)c(COC(=O)NC)c2n1-c1ccccc1C2. The maximum Gasteiger partial charge on any atom is 0.407 e. The minimum Gasteiger partial charge on any atom is -0.445 e. The summed E-state index contributed by atoms with van der Waals surface area (Å²) in [4.78, 5) is 23.2. The molecule has 2 amide bonds. The molecule has 1 aliphatic rings. The highest BCUT2D eigenvalue weighted by Crippen LogP contribution is 2.37. The molecular weight excluding hydrogens is 346 g/mol. The number of fused-ring (bicyclic) bond motifs is 3. The predicted octanol–water partition coefficient (Wildman–Crippen LogP) is 3.05.